The fourth-order valence-corrected chi connectivity index (χ4v) is 2.52. The van der Waals surface area contributed by atoms with Crippen LogP contribution in [0.25, 0.3) is 6.08 Å². The van der Waals surface area contributed by atoms with E-state index < -0.39 is 0 Å². The third-order valence-electron chi connectivity index (χ3n) is 2.98. The van der Waals surface area contributed by atoms with Crippen LogP contribution in [0.4, 0.5) is 0 Å². The summed E-state index contributed by atoms with van der Waals surface area (Å²) in [7, 11) is 0. The van der Waals surface area contributed by atoms with Crippen molar-refractivity contribution in [1.82, 2.24) is 10.2 Å². The van der Waals surface area contributed by atoms with Crippen LogP contribution in [0.2, 0.25) is 5.02 Å². The number of nitrogens with zero attached hydrogens (tertiary/aromatic N) is 1. The molecule has 0 bridgehead atoms. The van der Waals surface area contributed by atoms with E-state index in [9.17, 15) is 4.79 Å². The standard InChI is InChI=1S/C13H11ClN2OS/c14-9-3-1-2-8(6-9)7-11-12(17)16(10-4-5-10)13(18)15-11/h1-3,6-7,10H,4-5H2,(H,15,18)/b11-7+. The number of nitrogens with one attached hydrogen (secondary N) is 1. The van der Waals surface area contributed by atoms with Gasteiger partial charge >= 0.3 is 0 Å². The summed E-state index contributed by atoms with van der Waals surface area (Å²) in [5.41, 5.74) is 1.41. The molecule has 18 heavy (non-hydrogen) atoms. The van der Waals surface area contributed by atoms with Crippen molar-refractivity contribution in [2.24, 2.45) is 0 Å². The zero-order valence-electron chi connectivity index (χ0n) is 9.52. The van der Waals surface area contributed by atoms with Gasteiger partial charge in [-0.25, -0.2) is 0 Å². The molecule has 1 heterocycles. The average Bonchev–Trinajstić information content (AvgIpc) is 3.09. The third-order valence-corrected chi connectivity index (χ3v) is 3.52. The SMILES string of the molecule is O=C1/C(=C\c2cccc(Cl)c2)NC(=S)N1C1CC1. The van der Waals surface area contributed by atoms with Gasteiger partial charge in [0.25, 0.3) is 5.91 Å². The molecule has 1 saturated heterocycles. The molecule has 1 saturated carbocycles. The first-order valence-electron chi connectivity index (χ1n) is 5.77. The van der Waals surface area contributed by atoms with Gasteiger partial charge in [-0.2, -0.15) is 0 Å². The van der Waals surface area contributed by atoms with E-state index >= 15 is 0 Å². The number of halogens is 1. The molecule has 1 aromatic rings. The minimum absolute atomic E-state index is 0.0394. The number of hydrogen-bond acceptors (Lipinski definition) is 2. The Morgan fingerprint density at radius 2 is 2.22 bits per heavy atom. The van der Waals surface area contributed by atoms with Gasteiger partial charge < -0.3 is 5.32 Å². The Morgan fingerprint density at radius 3 is 2.89 bits per heavy atom. The molecule has 0 atom stereocenters. The summed E-state index contributed by atoms with van der Waals surface area (Å²) in [6, 6.07) is 7.66. The molecule has 5 heteroatoms. The maximum Gasteiger partial charge on any atom is 0.276 e. The van der Waals surface area contributed by atoms with E-state index in [0.29, 0.717) is 21.9 Å². The van der Waals surface area contributed by atoms with Crippen LogP contribution >= 0.6 is 23.8 Å². The van der Waals surface area contributed by atoms with Crippen molar-refractivity contribution in [3.8, 4) is 0 Å². The molecular formula is C13H11ClN2OS. The Kier molecular flexibility index (Phi) is 2.84. The van der Waals surface area contributed by atoms with Gasteiger partial charge in [-0.3, -0.25) is 9.69 Å². The molecule has 2 fully saturated rings. The normalized spacial score (nSPS) is 21.6. The van der Waals surface area contributed by atoms with Crippen molar-refractivity contribution in [1.29, 1.82) is 0 Å². The molecular weight excluding hydrogens is 268 g/mol. The molecule has 92 valence electrons. The zero-order valence-corrected chi connectivity index (χ0v) is 11.1. The van der Waals surface area contributed by atoms with Crippen LogP contribution in [-0.2, 0) is 4.79 Å². The lowest BCUT2D eigenvalue weighted by molar-refractivity contribution is -0.122. The number of rotatable bonds is 2. The lowest BCUT2D eigenvalue weighted by Crippen LogP contribution is -2.32. The minimum atomic E-state index is -0.0394. The molecule has 2 aliphatic rings. The first-order valence-corrected chi connectivity index (χ1v) is 6.55. The van der Waals surface area contributed by atoms with Crippen LogP contribution in [0.1, 0.15) is 18.4 Å². The van der Waals surface area contributed by atoms with Crippen LogP contribution in [0.3, 0.4) is 0 Å². The fourth-order valence-electron chi connectivity index (χ4n) is 1.98. The van der Waals surface area contributed by atoms with Crippen LogP contribution < -0.4 is 5.32 Å². The lowest BCUT2D eigenvalue weighted by atomic mass is 10.2. The fraction of sp³-hybridized carbons (Fsp3) is 0.231. The molecule has 1 N–H and O–H groups in total. The molecule has 0 spiro atoms. The van der Waals surface area contributed by atoms with Crippen molar-refractivity contribution in [3.05, 3.63) is 40.5 Å². The highest BCUT2D eigenvalue weighted by atomic mass is 35.5. The Morgan fingerprint density at radius 1 is 1.44 bits per heavy atom. The summed E-state index contributed by atoms with van der Waals surface area (Å²) in [5, 5.41) is 4.13. The zero-order chi connectivity index (χ0) is 12.7. The van der Waals surface area contributed by atoms with E-state index in [-0.39, 0.29) is 5.91 Å². The van der Waals surface area contributed by atoms with E-state index in [0.717, 1.165) is 18.4 Å². The van der Waals surface area contributed by atoms with Gasteiger partial charge in [0, 0.05) is 11.1 Å². The van der Waals surface area contributed by atoms with Gasteiger partial charge in [0.15, 0.2) is 5.11 Å². The Bertz CT molecular complexity index is 566. The molecule has 0 unspecified atom stereocenters. The summed E-state index contributed by atoms with van der Waals surface area (Å²) < 4.78 is 0. The quantitative estimate of drug-likeness (QED) is 0.667. The van der Waals surface area contributed by atoms with Gasteiger partial charge in [-0.1, -0.05) is 23.7 Å². The number of hydrogen-bond donors (Lipinski definition) is 1. The first kappa shape index (κ1) is 11.7. The van der Waals surface area contributed by atoms with Crippen LogP contribution in [0.5, 0.6) is 0 Å². The second-order valence-electron chi connectivity index (χ2n) is 4.45. The van der Waals surface area contributed by atoms with Gasteiger partial charge in [0.2, 0.25) is 0 Å². The monoisotopic (exact) mass is 278 g/mol. The average molecular weight is 279 g/mol. The molecule has 1 aromatic carbocycles. The van der Waals surface area contributed by atoms with Crippen LogP contribution in [-0.4, -0.2) is 22.0 Å². The van der Waals surface area contributed by atoms with Crippen molar-refractivity contribution in [2.45, 2.75) is 18.9 Å². The highest BCUT2D eigenvalue weighted by Gasteiger charge is 2.41. The molecule has 1 amide bonds. The molecule has 0 radical (unpaired) electrons. The predicted molar refractivity (Wildman–Crippen MR) is 75.0 cm³/mol. The summed E-state index contributed by atoms with van der Waals surface area (Å²) in [5.74, 6) is -0.0394. The lowest BCUT2D eigenvalue weighted by Gasteiger charge is -2.11. The topological polar surface area (TPSA) is 32.3 Å². The van der Waals surface area contributed by atoms with E-state index in [1.54, 1.807) is 17.0 Å². The van der Waals surface area contributed by atoms with Gasteiger partial charge in [-0.05, 0) is 48.8 Å². The molecule has 3 nitrogen and oxygen atoms in total. The largest absolute Gasteiger partial charge is 0.328 e. The van der Waals surface area contributed by atoms with Crippen LogP contribution in [0, 0.1) is 0 Å². The second kappa shape index (κ2) is 4.37. The van der Waals surface area contributed by atoms with Crippen molar-refractivity contribution >= 4 is 40.9 Å². The third kappa shape index (κ3) is 2.13. The Hall–Kier alpha value is -1.39. The molecule has 1 aliphatic carbocycles. The van der Waals surface area contributed by atoms with Gasteiger partial charge in [0.1, 0.15) is 5.70 Å². The van der Waals surface area contributed by atoms with Crippen LogP contribution in [0.15, 0.2) is 30.0 Å². The predicted octanol–water partition coefficient (Wildman–Crippen LogP) is 2.56. The van der Waals surface area contributed by atoms with E-state index in [1.807, 2.05) is 18.2 Å². The number of carbonyl (C=O) groups is 1. The van der Waals surface area contributed by atoms with E-state index in [4.69, 9.17) is 23.8 Å². The Balaban J connectivity index is 1.89. The maximum atomic E-state index is 12.2. The number of thiocarbonyl (C=S) groups is 1. The smallest absolute Gasteiger partial charge is 0.276 e. The van der Waals surface area contributed by atoms with Gasteiger partial charge in [0.05, 0.1) is 0 Å². The van der Waals surface area contributed by atoms with Crippen molar-refractivity contribution in [3.63, 3.8) is 0 Å². The second-order valence-corrected chi connectivity index (χ2v) is 5.27. The van der Waals surface area contributed by atoms with E-state index in [1.165, 1.54) is 0 Å². The highest BCUT2D eigenvalue weighted by molar-refractivity contribution is 7.80. The summed E-state index contributed by atoms with van der Waals surface area (Å²) in [6.45, 7) is 0. The molecule has 3 rings (SSSR count). The minimum Gasteiger partial charge on any atom is -0.328 e. The summed E-state index contributed by atoms with van der Waals surface area (Å²) in [6.07, 6.45) is 3.86. The summed E-state index contributed by atoms with van der Waals surface area (Å²) >= 11 is 11.1. The summed E-state index contributed by atoms with van der Waals surface area (Å²) in [4.78, 5) is 13.8. The van der Waals surface area contributed by atoms with E-state index in [2.05, 4.69) is 5.32 Å². The number of amides is 1. The van der Waals surface area contributed by atoms with Crippen molar-refractivity contribution < 1.29 is 4.79 Å². The molecule has 1 aliphatic heterocycles. The Labute approximate surface area is 115 Å². The molecule has 0 aromatic heterocycles. The number of carbonyl (C=O) groups excluding carboxylic acids is 1. The highest BCUT2D eigenvalue weighted by Crippen LogP contribution is 2.31. The van der Waals surface area contributed by atoms with Crippen molar-refractivity contribution in [2.75, 3.05) is 0 Å². The first-order chi connectivity index (χ1) is 8.65. The van der Waals surface area contributed by atoms with Gasteiger partial charge in [-0.15, -0.1) is 0 Å². The number of benzene rings is 1. The maximum absolute atomic E-state index is 12.2.